The van der Waals surface area contributed by atoms with Crippen molar-refractivity contribution in [1.82, 2.24) is 0 Å². The smallest absolute Gasteiger partial charge is 0.338 e. The quantitative estimate of drug-likeness (QED) is 0.487. The van der Waals surface area contributed by atoms with Crippen molar-refractivity contribution < 1.29 is 14.3 Å². The molecule has 0 N–H and O–H groups in total. The van der Waals surface area contributed by atoms with Crippen molar-refractivity contribution in [2.45, 2.75) is 13.3 Å². The van der Waals surface area contributed by atoms with E-state index in [0.717, 1.165) is 16.7 Å². The number of hydrogen-bond donors (Lipinski definition) is 0. The number of rotatable bonds is 5. The Morgan fingerprint density at radius 1 is 0.769 bits per heavy atom. The molecule has 0 unspecified atom stereocenters. The third kappa shape index (κ3) is 3.29. The van der Waals surface area contributed by atoms with Gasteiger partial charge in [-0.2, -0.15) is 0 Å². The summed E-state index contributed by atoms with van der Waals surface area (Å²) < 4.78 is 4.91. The van der Waals surface area contributed by atoms with Gasteiger partial charge in [-0.3, -0.25) is 4.79 Å². The molecule has 0 radical (unpaired) electrons. The Bertz CT molecular complexity index is 943. The van der Waals surface area contributed by atoms with Crippen LogP contribution < -0.4 is 0 Å². The van der Waals surface area contributed by atoms with Crippen LogP contribution in [0.25, 0.3) is 11.1 Å². The molecule has 0 spiro atoms. The summed E-state index contributed by atoms with van der Waals surface area (Å²) in [5.41, 5.74) is 4.39. The molecule has 0 aromatic heterocycles. The lowest BCUT2D eigenvalue weighted by Gasteiger charge is -2.15. The van der Waals surface area contributed by atoms with Gasteiger partial charge in [0.25, 0.3) is 0 Å². The molecule has 0 saturated heterocycles. The van der Waals surface area contributed by atoms with Crippen LogP contribution in [0.1, 0.15) is 38.8 Å². The highest BCUT2D eigenvalue weighted by atomic mass is 16.5. The second kappa shape index (κ2) is 7.79. The molecule has 130 valence electrons. The molecule has 0 atom stereocenters. The predicted octanol–water partition coefficient (Wildman–Crippen LogP) is 4.93. The van der Waals surface area contributed by atoms with E-state index in [9.17, 15) is 9.59 Å². The standard InChI is InChI=1S/C23H20O3/c1-3-17-18(14-9-15-21(17)23(25)26-2)19-12-7-8-13-20(19)22(24)16-10-5-4-6-11-16/h4-15H,3H2,1-2H3. The minimum absolute atomic E-state index is 0.0354. The van der Waals surface area contributed by atoms with Crippen molar-refractivity contribution in [2.75, 3.05) is 7.11 Å². The highest BCUT2D eigenvalue weighted by Crippen LogP contribution is 2.31. The van der Waals surface area contributed by atoms with Crippen molar-refractivity contribution in [1.29, 1.82) is 0 Å². The Morgan fingerprint density at radius 3 is 2.08 bits per heavy atom. The maximum absolute atomic E-state index is 13.0. The van der Waals surface area contributed by atoms with Gasteiger partial charge in [-0.25, -0.2) is 4.79 Å². The molecule has 3 aromatic carbocycles. The molecule has 3 nitrogen and oxygen atoms in total. The van der Waals surface area contributed by atoms with Crippen molar-refractivity contribution in [3.63, 3.8) is 0 Å². The van der Waals surface area contributed by atoms with Gasteiger partial charge in [0.05, 0.1) is 12.7 Å². The first-order valence-corrected chi connectivity index (χ1v) is 8.56. The topological polar surface area (TPSA) is 43.4 Å². The third-order valence-corrected chi connectivity index (χ3v) is 4.43. The van der Waals surface area contributed by atoms with Crippen LogP contribution in [-0.2, 0) is 11.2 Å². The Morgan fingerprint density at radius 2 is 1.38 bits per heavy atom. The van der Waals surface area contributed by atoms with Crippen LogP contribution in [0.5, 0.6) is 0 Å². The predicted molar refractivity (Wildman–Crippen MR) is 102 cm³/mol. The molecule has 3 aromatic rings. The maximum Gasteiger partial charge on any atom is 0.338 e. The van der Waals surface area contributed by atoms with Crippen LogP contribution in [-0.4, -0.2) is 18.9 Å². The molecule has 0 saturated carbocycles. The van der Waals surface area contributed by atoms with E-state index in [0.29, 0.717) is 23.1 Å². The number of carbonyl (C=O) groups is 2. The molecule has 0 bridgehead atoms. The second-order valence-electron chi connectivity index (χ2n) is 5.92. The Kier molecular flexibility index (Phi) is 5.28. The van der Waals surface area contributed by atoms with Gasteiger partial charge < -0.3 is 4.74 Å². The molecule has 0 fully saturated rings. The van der Waals surface area contributed by atoms with Crippen LogP contribution in [0, 0.1) is 0 Å². The van der Waals surface area contributed by atoms with Crippen LogP contribution in [0.4, 0.5) is 0 Å². The summed E-state index contributed by atoms with van der Waals surface area (Å²) in [5, 5.41) is 0. The summed E-state index contributed by atoms with van der Waals surface area (Å²) in [7, 11) is 1.38. The summed E-state index contributed by atoms with van der Waals surface area (Å²) in [6.45, 7) is 1.99. The molecule has 0 heterocycles. The fourth-order valence-electron chi connectivity index (χ4n) is 3.18. The minimum Gasteiger partial charge on any atom is -0.465 e. The number of methoxy groups -OCH3 is 1. The lowest BCUT2D eigenvalue weighted by Crippen LogP contribution is -2.08. The molecule has 0 aliphatic carbocycles. The molecule has 3 rings (SSSR count). The molecular weight excluding hydrogens is 324 g/mol. The van der Waals surface area contributed by atoms with Crippen molar-refractivity contribution in [2.24, 2.45) is 0 Å². The van der Waals surface area contributed by atoms with E-state index in [2.05, 4.69) is 0 Å². The third-order valence-electron chi connectivity index (χ3n) is 4.43. The van der Waals surface area contributed by atoms with Gasteiger partial charge in [-0.1, -0.05) is 73.7 Å². The Hall–Kier alpha value is -3.20. The zero-order chi connectivity index (χ0) is 18.5. The highest BCUT2D eigenvalue weighted by molar-refractivity contribution is 6.13. The summed E-state index contributed by atoms with van der Waals surface area (Å²) in [6.07, 6.45) is 0.661. The van der Waals surface area contributed by atoms with Gasteiger partial charge in [0.2, 0.25) is 0 Å². The number of esters is 1. The number of ether oxygens (including phenoxy) is 1. The molecule has 0 amide bonds. The fourth-order valence-corrected chi connectivity index (χ4v) is 3.18. The second-order valence-corrected chi connectivity index (χ2v) is 5.92. The summed E-state index contributed by atoms with van der Waals surface area (Å²) in [4.78, 5) is 25.2. The van der Waals surface area contributed by atoms with E-state index >= 15 is 0 Å². The van der Waals surface area contributed by atoms with E-state index in [1.54, 1.807) is 6.07 Å². The van der Waals surface area contributed by atoms with Gasteiger partial charge in [-0.05, 0) is 29.2 Å². The van der Waals surface area contributed by atoms with Crippen LogP contribution >= 0.6 is 0 Å². The summed E-state index contributed by atoms with van der Waals surface area (Å²) in [5.74, 6) is -0.401. The Balaban J connectivity index is 2.18. The lowest BCUT2D eigenvalue weighted by atomic mass is 9.88. The minimum atomic E-state index is -0.365. The largest absolute Gasteiger partial charge is 0.465 e. The summed E-state index contributed by atoms with van der Waals surface area (Å²) in [6, 6.07) is 22.3. The van der Waals surface area contributed by atoms with E-state index < -0.39 is 0 Å². The van der Waals surface area contributed by atoms with Gasteiger partial charge in [-0.15, -0.1) is 0 Å². The average Bonchev–Trinajstić information content (AvgIpc) is 2.72. The number of ketones is 1. The fraction of sp³-hybridized carbons (Fsp3) is 0.130. The normalized spacial score (nSPS) is 10.4. The van der Waals surface area contributed by atoms with E-state index in [-0.39, 0.29) is 11.8 Å². The zero-order valence-corrected chi connectivity index (χ0v) is 14.9. The number of hydrogen-bond acceptors (Lipinski definition) is 3. The average molecular weight is 344 g/mol. The van der Waals surface area contributed by atoms with Crippen molar-refractivity contribution >= 4 is 11.8 Å². The van der Waals surface area contributed by atoms with Gasteiger partial charge in [0.1, 0.15) is 0 Å². The number of benzene rings is 3. The van der Waals surface area contributed by atoms with Crippen LogP contribution in [0.3, 0.4) is 0 Å². The maximum atomic E-state index is 13.0. The molecule has 3 heteroatoms. The Labute approximate surface area is 153 Å². The molecule has 26 heavy (non-hydrogen) atoms. The van der Waals surface area contributed by atoms with Gasteiger partial charge in [0.15, 0.2) is 5.78 Å². The van der Waals surface area contributed by atoms with E-state index in [4.69, 9.17) is 4.74 Å². The first kappa shape index (κ1) is 17.6. The van der Waals surface area contributed by atoms with Crippen molar-refractivity contribution in [3.8, 4) is 11.1 Å². The lowest BCUT2D eigenvalue weighted by molar-refractivity contribution is 0.0599. The number of carbonyl (C=O) groups excluding carboxylic acids is 2. The zero-order valence-electron chi connectivity index (χ0n) is 14.9. The first-order valence-electron chi connectivity index (χ1n) is 8.56. The van der Waals surface area contributed by atoms with Crippen molar-refractivity contribution in [3.05, 3.63) is 95.1 Å². The molecular formula is C23H20O3. The van der Waals surface area contributed by atoms with Crippen LogP contribution in [0.15, 0.2) is 72.8 Å². The summed E-state index contributed by atoms with van der Waals surface area (Å²) >= 11 is 0. The van der Waals surface area contributed by atoms with Gasteiger partial charge >= 0.3 is 5.97 Å². The molecule has 0 aliphatic rings. The molecule has 0 aliphatic heterocycles. The van der Waals surface area contributed by atoms with E-state index in [1.807, 2.05) is 73.7 Å². The SMILES string of the molecule is CCc1c(C(=O)OC)cccc1-c1ccccc1C(=O)c1ccccc1. The monoisotopic (exact) mass is 344 g/mol. The van der Waals surface area contributed by atoms with Crippen LogP contribution in [0.2, 0.25) is 0 Å². The first-order chi connectivity index (χ1) is 12.7. The highest BCUT2D eigenvalue weighted by Gasteiger charge is 2.19. The van der Waals surface area contributed by atoms with E-state index in [1.165, 1.54) is 7.11 Å². The van der Waals surface area contributed by atoms with Gasteiger partial charge in [0, 0.05) is 11.1 Å².